The van der Waals surface area contributed by atoms with Crippen LogP contribution in [0.1, 0.15) is 37.7 Å². The fourth-order valence-electron chi connectivity index (χ4n) is 4.59. The van der Waals surface area contributed by atoms with Gasteiger partial charge in [0, 0.05) is 37.9 Å². The zero-order valence-electron chi connectivity index (χ0n) is 13.8. The second-order valence-electron chi connectivity index (χ2n) is 7.73. The van der Waals surface area contributed by atoms with Crippen LogP contribution in [-0.2, 0) is 11.2 Å². The molecular weight excluding hydrogens is 286 g/mol. The van der Waals surface area contributed by atoms with Crippen LogP contribution in [0.5, 0.6) is 0 Å². The Hall–Kier alpha value is -1.42. The van der Waals surface area contributed by atoms with Gasteiger partial charge in [-0.05, 0) is 68.0 Å². The molecule has 1 aromatic rings. The molecule has 3 heterocycles. The molecular formula is C19H27N3O. The van der Waals surface area contributed by atoms with Gasteiger partial charge < -0.3 is 10.2 Å². The second-order valence-corrected chi connectivity index (χ2v) is 7.73. The number of rotatable bonds is 3. The van der Waals surface area contributed by atoms with E-state index in [-0.39, 0.29) is 0 Å². The summed E-state index contributed by atoms with van der Waals surface area (Å²) in [6.07, 6.45) is 10.8. The minimum Gasteiger partial charge on any atom is -0.342 e. The van der Waals surface area contributed by atoms with E-state index in [0.29, 0.717) is 23.2 Å². The Labute approximate surface area is 138 Å². The number of nitrogens with zero attached hydrogens (tertiary/aromatic N) is 2. The van der Waals surface area contributed by atoms with Gasteiger partial charge in [-0.3, -0.25) is 9.78 Å². The van der Waals surface area contributed by atoms with Crippen molar-refractivity contribution in [1.82, 2.24) is 15.2 Å². The smallest absolute Gasteiger partial charge is 0.226 e. The Balaban J connectivity index is 1.27. The molecule has 1 spiro atoms. The first kappa shape index (κ1) is 15.1. The first-order chi connectivity index (χ1) is 11.3. The number of nitrogens with one attached hydrogen (secondary N) is 1. The third-order valence-corrected chi connectivity index (χ3v) is 6.17. The van der Waals surface area contributed by atoms with Gasteiger partial charge in [0.2, 0.25) is 5.91 Å². The van der Waals surface area contributed by atoms with Crippen LogP contribution in [-0.4, -0.2) is 42.0 Å². The van der Waals surface area contributed by atoms with Gasteiger partial charge in [0.25, 0.3) is 0 Å². The van der Waals surface area contributed by atoms with Gasteiger partial charge in [-0.15, -0.1) is 0 Å². The molecule has 1 aromatic heterocycles. The fourth-order valence-corrected chi connectivity index (χ4v) is 4.59. The number of piperidine rings is 2. The summed E-state index contributed by atoms with van der Waals surface area (Å²) in [5, 5.41) is 3.48. The summed E-state index contributed by atoms with van der Waals surface area (Å²) in [6.45, 7) is 4.08. The molecule has 1 aliphatic carbocycles. The molecule has 2 saturated heterocycles. The highest BCUT2D eigenvalue weighted by Gasteiger charge is 2.58. The highest BCUT2D eigenvalue weighted by Crippen LogP contribution is 2.57. The molecule has 23 heavy (non-hydrogen) atoms. The maximum atomic E-state index is 12.8. The average Bonchev–Trinajstić information content (AvgIpc) is 3.29. The summed E-state index contributed by atoms with van der Waals surface area (Å²) in [5.41, 5.74) is 1.65. The van der Waals surface area contributed by atoms with Gasteiger partial charge in [0.15, 0.2) is 0 Å². The van der Waals surface area contributed by atoms with E-state index in [1.807, 2.05) is 18.5 Å². The lowest BCUT2D eigenvalue weighted by atomic mass is 9.89. The van der Waals surface area contributed by atoms with Crippen molar-refractivity contribution < 1.29 is 4.79 Å². The molecule has 1 amide bonds. The number of hydrogen-bond acceptors (Lipinski definition) is 3. The van der Waals surface area contributed by atoms with Crippen LogP contribution in [0.25, 0.3) is 0 Å². The second kappa shape index (κ2) is 6.23. The molecule has 4 heteroatoms. The molecule has 2 aliphatic heterocycles. The Morgan fingerprint density at radius 3 is 2.96 bits per heavy atom. The van der Waals surface area contributed by atoms with E-state index in [0.717, 1.165) is 51.9 Å². The third-order valence-electron chi connectivity index (χ3n) is 6.17. The van der Waals surface area contributed by atoms with E-state index in [1.165, 1.54) is 18.4 Å². The molecule has 0 radical (unpaired) electrons. The van der Waals surface area contributed by atoms with Crippen LogP contribution in [0, 0.1) is 17.3 Å². The van der Waals surface area contributed by atoms with Crippen molar-refractivity contribution in [2.75, 3.05) is 26.2 Å². The number of pyridine rings is 1. The first-order valence-electron chi connectivity index (χ1n) is 9.15. The topological polar surface area (TPSA) is 45.2 Å². The van der Waals surface area contributed by atoms with E-state index in [2.05, 4.69) is 21.3 Å². The van der Waals surface area contributed by atoms with Crippen molar-refractivity contribution in [3.8, 4) is 0 Å². The first-order valence-corrected chi connectivity index (χ1v) is 9.15. The molecule has 0 aromatic carbocycles. The predicted octanol–water partition coefficient (Wildman–Crippen LogP) is 2.25. The minimum absolute atomic E-state index is 0.310. The number of aromatic nitrogens is 1. The molecule has 2 unspecified atom stereocenters. The number of amides is 1. The van der Waals surface area contributed by atoms with E-state index in [9.17, 15) is 4.79 Å². The van der Waals surface area contributed by atoms with Crippen molar-refractivity contribution in [3.63, 3.8) is 0 Å². The lowest BCUT2D eigenvalue weighted by Gasteiger charge is -2.33. The summed E-state index contributed by atoms with van der Waals surface area (Å²) in [6, 6.07) is 4.17. The molecule has 3 aliphatic rings. The molecule has 4 rings (SSSR count). The summed E-state index contributed by atoms with van der Waals surface area (Å²) >= 11 is 0. The van der Waals surface area contributed by atoms with Crippen LogP contribution >= 0.6 is 0 Å². The molecule has 3 fully saturated rings. The van der Waals surface area contributed by atoms with E-state index < -0.39 is 0 Å². The molecule has 1 saturated carbocycles. The van der Waals surface area contributed by atoms with Crippen LogP contribution in [0.3, 0.4) is 0 Å². The van der Waals surface area contributed by atoms with Crippen LogP contribution < -0.4 is 5.32 Å². The van der Waals surface area contributed by atoms with E-state index in [4.69, 9.17) is 0 Å². The number of likely N-dealkylation sites (tertiary alicyclic amines) is 1. The van der Waals surface area contributed by atoms with Gasteiger partial charge in [0.05, 0.1) is 0 Å². The lowest BCUT2D eigenvalue weighted by Crippen LogP contribution is -2.42. The van der Waals surface area contributed by atoms with Gasteiger partial charge >= 0.3 is 0 Å². The minimum atomic E-state index is 0.310. The van der Waals surface area contributed by atoms with Crippen LogP contribution in [0.2, 0.25) is 0 Å². The van der Waals surface area contributed by atoms with Crippen molar-refractivity contribution in [2.24, 2.45) is 17.3 Å². The summed E-state index contributed by atoms with van der Waals surface area (Å²) in [7, 11) is 0. The maximum absolute atomic E-state index is 12.8. The summed E-state index contributed by atoms with van der Waals surface area (Å²) < 4.78 is 0. The summed E-state index contributed by atoms with van der Waals surface area (Å²) in [5.74, 6) is 1.45. The zero-order valence-corrected chi connectivity index (χ0v) is 13.8. The SMILES string of the molecule is O=C(C1CC12CCCNC2)N1CCC(Cc2cccnc2)CC1. The fraction of sp³-hybridized carbons (Fsp3) is 0.684. The monoisotopic (exact) mass is 313 g/mol. The Morgan fingerprint density at radius 1 is 1.39 bits per heavy atom. The van der Waals surface area contributed by atoms with Gasteiger partial charge in [-0.2, -0.15) is 0 Å². The standard InChI is InChI=1S/C19H27N3O/c23-18(17-12-19(17)6-2-8-21-14-19)22-9-4-15(5-10-22)11-16-3-1-7-20-13-16/h1,3,7,13,15,17,21H,2,4-6,8-12,14H2. The van der Waals surface area contributed by atoms with Crippen molar-refractivity contribution in [2.45, 2.75) is 38.5 Å². The molecule has 1 N–H and O–H groups in total. The molecule has 2 atom stereocenters. The predicted molar refractivity (Wildman–Crippen MR) is 89.9 cm³/mol. The molecule has 4 nitrogen and oxygen atoms in total. The van der Waals surface area contributed by atoms with E-state index in [1.54, 1.807) is 0 Å². The highest BCUT2D eigenvalue weighted by molar-refractivity contribution is 5.83. The quantitative estimate of drug-likeness (QED) is 0.931. The lowest BCUT2D eigenvalue weighted by molar-refractivity contribution is -0.135. The molecule has 124 valence electrons. The van der Waals surface area contributed by atoms with Crippen molar-refractivity contribution in [3.05, 3.63) is 30.1 Å². The van der Waals surface area contributed by atoms with Crippen LogP contribution in [0.4, 0.5) is 0 Å². The van der Waals surface area contributed by atoms with E-state index >= 15 is 0 Å². The van der Waals surface area contributed by atoms with Crippen molar-refractivity contribution in [1.29, 1.82) is 0 Å². The van der Waals surface area contributed by atoms with Gasteiger partial charge in [-0.25, -0.2) is 0 Å². The van der Waals surface area contributed by atoms with Crippen LogP contribution in [0.15, 0.2) is 24.5 Å². The maximum Gasteiger partial charge on any atom is 0.226 e. The number of hydrogen-bond donors (Lipinski definition) is 1. The Bertz CT molecular complexity index is 545. The summed E-state index contributed by atoms with van der Waals surface area (Å²) in [4.78, 5) is 19.1. The molecule has 0 bridgehead atoms. The Kier molecular flexibility index (Phi) is 4.10. The Morgan fingerprint density at radius 2 is 2.26 bits per heavy atom. The largest absolute Gasteiger partial charge is 0.342 e. The normalized spacial score (nSPS) is 31.3. The highest BCUT2D eigenvalue weighted by atomic mass is 16.2. The number of carbonyl (C=O) groups is 1. The van der Waals surface area contributed by atoms with Crippen molar-refractivity contribution >= 4 is 5.91 Å². The van der Waals surface area contributed by atoms with Gasteiger partial charge in [0.1, 0.15) is 0 Å². The zero-order chi connectivity index (χ0) is 15.7. The third kappa shape index (κ3) is 3.14. The van der Waals surface area contributed by atoms with Gasteiger partial charge in [-0.1, -0.05) is 6.07 Å². The number of carbonyl (C=O) groups excluding carboxylic acids is 1. The average molecular weight is 313 g/mol.